The molecule has 0 amide bonds. The fraction of sp³-hybridized carbons (Fsp3) is 0.273. The number of hydrogen-bond acceptors (Lipinski definition) is 5. The van der Waals surface area contributed by atoms with Gasteiger partial charge in [0.2, 0.25) is 5.89 Å². The Balaban J connectivity index is 2.02. The highest BCUT2D eigenvalue weighted by Crippen LogP contribution is 2.14. The molecule has 0 radical (unpaired) electrons. The van der Waals surface area contributed by atoms with Crippen molar-refractivity contribution in [2.24, 2.45) is 0 Å². The molecule has 0 aliphatic carbocycles. The first-order valence-corrected chi connectivity index (χ1v) is 5.08. The predicted molar refractivity (Wildman–Crippen MR) is 61.7 cm³/mol. The van der Waals surface area contributed by atoms with Crippen molar-refractivity contribution in [2.75, 3.05) is 11.5 Å². The zero-order valence-electron chi connectivity index (χ0n) is 9.10. The van der Waals surface area contributed by atoms with Crippen LogP contribution in [0.4, 0.5) is 11.7 Å². The summed E-state index contributed by atoms with van der Waals surface area (Å²) < 4.78 is 5.08. The summed E-state index contributed by atoms with van der Waals surface area (Å²) in [6.07, 6.45) is 1.48. The summed E-state index contributed by atoms with van der Waals surface area (Å²) in [6, 6.07) is 6.13. The van der Waals surface area contributed by atoms with Gasteiger partial charge in [0.1, 0.15) is 0 Å². The number of aryl methyl sites for hydroxylation is 3. The van der Waals surface area contributed by atoms with Crippen molar-refractivity contribution in [3.05, 3.63) is 35.2 Å². The molecule has 0 aliphatic heterocycles. The molecule has 0 aliphatic rings. The summed E-state index contributed by atoms with van der Waals surface area (Å²) in [6.45, 7) is 1.98. The number of anilines is 2. The molecule has 0 fully saturated rings. The molecular formula is C11H14N4O. The van der Waals surface area contributed by atoms with E-state index in [9.17, 15) is 0 Å². The summed E-state index contributed by atoms with van der Waals surface area (Å²) in [5, 5.41) is 7.39. The largest absolute Gasteiger partial charge is 0.408 e. The topological polar surface area (TPSA) is 91.0 Å². The molecule has 2 rings (SSSR count). The third-order valence-corrected chi connectivity index (χ3v) is 2.45. The normalized spacial score (nSPS) is 10.6. The van der Waals surface area contributed by atoms with Gasteiger partial charge in [-0.1, -0.05) is 17.2 Å². The van der Waals surface area contributed by atoms with Crippen molar-refractivity contribution in [2.45, 2.75) is 19.8 Å². The van der Waals surface area contributed by atoms with Crippen molar-refractivity contribution >= 4 is 11.7 Å². The lowest BCUT2D eigenvalue weighted by Gasteiger charge is -2.03. The van der Waals surface area contributed by atoms with Gasteiger partial charge in [-0.2, -0.15) is 0 Å². The van der Waals surface area contributed by atoms with Gasteiger partial charge >= 0.3 is 6.01 Å². The highest BCUT2D eigenvalue weighted by molar-refractivity contribution is 5.48. The maximum atomic E-state index is 5.82. The lowest BCUT2D eigenvalue weighted by molar-refractivity contribution is 0.509. The smallest absolute Gasteiger partial charge is 0.312 e. The van der Waals surface area contributed by atoms with Gasteiger partial charge in [0.05, 0.1) is 0 Å². The molecule has 0 saturated heterocycles. The molecule has 84 valence electrons. The van der Waals surface area contributed by atoms with E-state index >= 15 is 0 Å². The Morgan fingerprint density at radius 1 is 1.19 bits per heavy atom. The molecule has 1 heterocycles. The Kier molecular flexibility index (Phi) is 2.76. The minimum Gasteiger partial charge on any atom is -0.408 e. The maximum absolute atomic E-state index is 5.82. The van der Waals surface area contributed by atoms with E-state index in [4.69, 9.17) is 15.9 Å². The first-order chi connectivity index (χ1) is 7.65. The molecule has 2 aromatic rings. The molecular weight excluding hydrogens is 204 g/mol. The molecule has 0 atom stereocenters. The molecule has 5 heteroatoms. The highest BCUT2D eigenvalue weighted by Gasteiger charge is 2.04. The van der Waals surface area contributed by atoms with Crippen LogP contribution >= 0.6 is 0 Å². The van der Waals surface area contributed by atoms with Crippen LogP contribution in [0.3, 0.4) is 0 Å². The molecule has 0 spiro atoms. The van der Waals surface area contributed by atoms with Gasteiger partial charge in [0, 0.05) is 12.1 Å². The van der Waals surface area contributed by atoms with Crippen LogP contribution < -0.4 is 11.5 Å². The predicted octanol–water partition coefficient (Wildman–Crippen LogP) is 1.33. The quantitative estimate of drug-likeness (QED) is 0.758. The van der Waals surface area contributed by atoms with E-state index in [1.807, 2.05) is 25.1 Å². The van der Waals surface area contributed by atoms with Crippen LogP contribution in [0.1, 0.15) is 17.0 Å². The summed E-state index contributed by atoms with van der Waals surface area (Å²) >= 11 is 0. The third-order valence-electron chi connectivity index (χ3n) is 2.45. The Bertz CT molecular complexity index is 492. The zero-order valence-corrected chi connectivity index (χ0v) is 9.10. The Morgan fingerprint density at radius 2 is 2.00 bits per heavy atom. The van der Waals surface area contributed by atoms with E-state index in [1.54, 1.807) is 0 Å². The van der Waals surface area contributed by atoms with Crippen LogP contribution in [0.5, 0.6) is 0 Å². The molecule has 4 N–H and O–H groups in total. The number of aromatic nitrogens is 2. The Hall–Kier alpha value is -2.04. The van der Waals surface area contributed by atoms with Crippen LogP contribution in [-0.4, -0.2) is 10.2 Å². The van der Waals surface area contributed by atoms with Gasteiger partial charge in [0.25, 0.3) is 0 Å². The fourth-order valence-electron chi connectivity index (χ4n) is 1.46. The van der Waals surface area contributed by atoms with Crippen molar-refractivity contribution < 1.29 is 4.42 Å². The Labute approximate surface area is 93.5 Å². The number of nitrogens with zero attached hydrogens (tertiary/aromatic N) is 2. The van der Waals surface area contributed by atoms with Gasteiger partial charge in [-0.05, 0) is 30.5 Å². The lowest BCUT2D eigenvalue weighted by atomic mass is 10.1. The van der Waals surface area contributed by atoms with E-state index in [1.165, 1.54) is 0 Å². The number of nitrogen functional groups attached to an aromatic ring is 2. The highest BCUT2D eigenvalue weighted by atomic mass is 16.4. The van der Waals surface area contributed by atoms with Crippen LogP contribution in [0.2, 0.25) is 0 Å². The summed E-state index contributed by atoms with van der Waals surface area (Å²) in [4.78, 5) is 0. The second-order valence-corrected chi connectivity index (χ2v) is 3.72. The van der Waals surface area contributed by atoms with Crippen LogP contribution in [0.15, 0.2) is 22.6 Å². The van der Waals surface area contributed by atoms with Crippen molar-refractivity contribution in [1.29, 1.82) is 0 Å². The molecule has 1 aromatic carbocycles. The van der Waals surface area contributed by atoms with Gasteiger partial charge in [-0.3, -0.25) is 0 Å². The average molecular weight is 218 g/mol. The minimum atomic E-state index is 0.110. The van der Waals surface area contributed by atoms with Gasteiger partial charge in [0.15, 0.2) is 0 Å². The van der Waals surface area contributed by atoms with Gasteiger partial charge in [-0.25, -0.2) is 0 Å². The van der Waals surface area contributed by atoms with Crippen molar-refractivity contribution in [3.8, 4) is 0 Å². The number of rotatable bonds is 3. The van der Waals surface area contributed by atoms with E-state index in [0.717, 1.165) is 23.2 Å². The monoisotopic (exact) mass is 218 g/mol. The number of nitrogens with two attached hydrogens (primary N) is 2. The molecule has 1 aromatic heterocycles. The maximum Gasteiger partial charge on any atom is 0.312 e. The third kappa shape index (κ3) is 2.31. The second kappa shape index (κ2) is 4.22. The van der Waals surface area contributed by atoms with E-state index < -0.39 is 0 Å². The lowest BCUT2D eigenvalue weighted by Crippen LogP contribution is -1.95. The van der Waals surface area contributed by atoms with E-state index in [-0.39, 0.29) is 6.01 Å². The molecule has 16 heavy (non-hydrogen) atoms. The number of hydrogen-bond donors (Lipinski definition) is 2. The molecule has 5 nitrogen and oxygen atoms in total. The van der Waals surface area contributed by atoms with Gasteiger partial charge in [-0.15, -0.1) is 5.10 Å². The molecule has 0 bridgehead atoms. The van der Waals surface area contributed by atoms with Crippen molar-refractivity contribution in [1.82, 2.24) is 10.2 Å². The fourth-order valence-corrected chi connectivity index (χ4v) is 1.46. The Morgan fingerprint density at radius 3 is 2.62 bits per heavy atom. The van der Waals surface area contributed by atoms with Crippen molar-refractivity contribution in [3.63, 3.8) is 0 Å². The summed E-state index contributed by atoms with van der Waals surface area (Å²) in [5.41, 5.74) is 14.2. The van der Waals surface area contributed by atoms with Crippen LogP contribution in [0, 0.1) is 6.92 Å². The molecule has 0 saturated carbocycles. The molecule has 0 unspecified atom stereocenters. The first kappa shape index (κ1) is 10.5. The van der Waals surface area contributed by atoms with Gasteiger partial charge < -0.3 is 15.9 Å². The summed E-state index contributed by atoms with van der Waals surface area (Å²) in [7, 11) is 0. The number of benzene rings is 1. The average Bonchev–Trinajstić information content (AvgIpc) is 2.66. The SMILES string of the molecule is Cc1ccc(CCc2nnc(N)o2)cc1N. The zero-order chi connectivity index (χ0) is 11.5. The van der Waals surface area contributed by atoms with E-state index in [2.05, 4.69) is 10.2 Å². The minimum absolute atomic E-state index is 0.110. The van der Waals surface area contributed by atoms with Crippen LogP contribution in [-0.2, 0) is 12.8 Å². The van der Waals surface area contributed by atoms with E-state index in [0.29, 0.717) is 12.3 Å². The standard InChI is InChI=1S/C11H14N4O/c1-7-2-3-8(6-9(7)12)4-5-10-14-15-11(13)16-10/h2-3,6H,4-5,12H2,1H3,(H2,13,15). The second-order valence-electron chi connectivity index (χ2n) is 3.72. The summed E-state index contributed by atoms with van der Waals surface area (Å²) in [5.74, 6) is 0.552. The first-order valence-electron chi connectivity index (χ1n) is 5.08. The van der Waals surface area contributed by atoms with Crippen LogP contribution in [0.25, 0.3) is 0 Å².